The zero-order valence-corrected chi connectivity index (χ0v) is 13.5. The van der Waals surface area contributed by atoms with Crippen LogP contribution < -0.4 is 0 Å². The highest BCUT2D eigenvalue weighted by atomic mass is 16.5. The number of rotatable bonds is 12. The quantitative estimate of drug-likeness (QED) is 0.328. The average molecular weight is 284 g/mol. The number of aliphatic hydroxyl groups excluding tert-OH is 1. The normalized spacial score (nSPS) is 13.3. The minimum Gasteiger partial charge on any atom is -0.463 e. The Kier molecular flexibility index (Phi) is 12.6. The summed E-state index contributed by atoms with van der Waals surface area (Å²) in [6, 6.07) is 0. The highest BCUT2D eigenvalue weighted by Crippen LogP contribution is 2.16. The van der Waals surface area contributed by atoms with Crippen molar-refractivity contribution < 1.29 is 14.6 Å². The second-order valence-corrected chi connectivity index (χ2v) is 5.25. The van der Waals surface area contributed by atoms with Crippen LogP contribution in [0.3, 0.4) is 0 Å². The summed E-state index contributed by atoms with van der Waals surface area (Å²) in [5, 5.41) is 10.1. The Morgan fingerprint density at radius 2 is 1.65 bits per heavy atom. The number of unbranched alkanes of at least 4 members (excludes halogenated alkanes) is 6. The summed E-state index contributed by atoms with van der Waals surface area (Å²) in [6.45, 7) is 6.34. The van der Waals surface area contributed by atoms with Gasteiger partial charge in [-0.25, -0.2) is 4.79 Å². The van der Waals surface area contributed by atoms with E-state index in [2.05, 4.69) is 6.92 Å². The van der Waals surface area contributed by atoms with Crippen LogP contribution in [-0.2, 0) is 9.53 Å². The first-order valence-electron chi connectivity index (χ1n) is 8.20. The van der Waals surface area contributed by atoms with E-state index in [-0.39, 0.29) is 5.97 Å². The number of carbonyl (C=O) groups is 1. The molecule has 0 aliphatic heterocycles. The van der Waals surface area contributed by atoms with Crippen molar-refractivity contribution in [1.29, 1.82) is 0 Å². The van der Waals surface area contributed by atoms with Crippen LogP contribution in [0.4, 0.5) is 0 Å². The Morgan fingerprint density at radius 3 is 2.20 bits per heavy atom. The van der Waals surface area contributed by atoms with Crippen LogP contribution in [0.5, 0.6) is 0 Å². The van der Waals surface area contributed by atoms with Gasteiger partial charge in [0.1, 0.15) is 0 Å². The number of esters is 1. The molecule has 3 heteroatoms. The largest absolute Gasteiger partial charge is 0.463 e. The van der Waals surface area contributed by atoms with E-state index in [1.54, 1.807) is 6.92 Å². The summed E-state index contributed by atoms with van der Waals surface area (Å²) in [6.07, 6.45) is 11.0. The Labute approximate surface area is 124 Å². The first kappa shape index (κ1) is 19.2. The lowest BCUT2D eigenvalue weighted by Crippen LogP contribution is -2.12. The molecule has 0 radical (unpaired) electrons. The molecular formula is C17H32O3. The lowest BCUT2D eigenvalue weighted by atomic mass is 10.00. The van der Waals surface area contributed by atoms with Gasteiger partial charge in [-0.05, 0) is 25.3 Å². The molecule has 0 rings (SSSR count). The fourth-order valence-electron chi connectivity index (χ4n) is 2.25. The topological polar surface area (TPSA) is 46.5 Å². The standard InChI is InChI=1S/C17H32O3/c1-4-7-8-9-10-11-12-13-16(18)15(5-2)14-17(19)20-6-3/h14,16,18H,4-13H2,1-3H3/b15-14+. The predicted molar refractivity (Wildman–Crippen MR) is 83.6 cm³/mol. The smallest absolute Gasteiger partial charge is 0.330 e. The van der Waals surface area contributed by atoms with Crippen LogP contribution in [-0.4, -0.2) is 23.8 Å². The van der Waals surface area contributed by atoms with Crippen LogP contribution in [0.1, 0.15) is 78.6 Å². The van der Waals surface area contributed by atoms with Gasteiger partial charge in [0, 0.05) is 6.08 Å². The van der Waals surface area contributed by atoms with E-state index in [9.17, 15) is 9.90 Å². The molecule has 1 atom stereocenters. The molecule has 0 saturated heterocycles. The van der Waals surface area contributed by atoms with Gasteiger partial charge < -0.3 is 9.84 Å². The van der Waals surface area contributed by atoms with Crippen LogP contribution >= 0.6 is 0 Å². The van der Waals surface area contributed by atoms with Crippen molar-refractivity contribution in [3.8, 4) is 0 Å². The first-order valence-corrected chi connectivity index (χ1v) is 8.20. The van der Waals surface area contributed by atoms with Crippen molar-refractivity contribution in [2.24, 2.45) is 0 Å². The summed E-state index contributed by atoms with van der Waals surface area (Å²) < 4.78 is 4.88. The molecule has 0 aromatic carbocycles. The van der Waals surface area contributed by atoms with Crippen LogP contribution in [0.25, 0.3) is 0 Å². The summed E-state index contributed by atoms with van der Waals surface area (Å²) >= 11 is 0. The fourth-order valence-corrected chi connectivity index (χ4v) is 2.25. The second-order valence-electron chi connectivity index (χ2n) is 5.25. The maximum absolute atomic E-state index is 11.4. The van der Waals surface area contributed by atoms with Crippen molar-refractivity contribution in [3.05, 3.63) is 11.6 Å². The molecule has 0 saturated carbocycles. The minimum absolute atomic E-state index is 0.344. The van der Waals surface area contributed by atoms with E-state index in [1.165, 1.54) is 38.2 Å². The van der Waals surface area contributed by atoms with Crippen molar-refractivity contribution in [2.75, 3.05) is 6.61 Å². The van der Waals surface area contributed by atoms with Crippen molar-refractivity contribution >= 4 is 5.97 Å². The van der Waals surface area contributed by atoms with Gasteiger partial charge in [-0.1, -0.05) is 58.8 Å². The molecule has 1 N–H and O–H groups in total. The highest BCUT2D eigenvalue weighted by Gasteiger charge is 2.11. The third kappa shape index (κ3) is 10.0. The third-order valence-corrected chi connectivity index (χ3v) is 3.51. The number of carbonyl (C=O) groups excluding carboxylic acids is 1. The van der Waals surface area contributed by atoms with Crippen LogP contribution in [0, 0.1) is 0 Å². The number of hydrogen-bond acceptors (Lipinski definition) is 3. The fraction of sp³-hybridized carbons (Fsp3) is 0.824. The maximum atomic E-state index is 11.4. The maximum Gasteiger partial charge on any atom is 0.330 e. The van der Waals surface area contributed by atoms with Gasteiger partial charge in [0.05, 0.1) is 12.7 Å². The molecular weight excluding hydrogens is 252 g/mol. The van der Waals surface area contributed by atoms with Gasteiger partial charge in [-0.15, -0.1) is 0 Å². The van der Waals surface area contributed by atoms with Gasteiger partial charge >= 0.3 is 5.97 Å². The van der Waals surface area contributed by atoms with Gasteiger partial charge in [0.2, 0.25) is 0 Å². The molecule has 0 aromatic rings. The van der Waals surface area contributed by atoms with E-state index < -0.39 is 6.10 Å². The molecule has 0 aliphatic rings. The van der Waals surface area contributed by atoms with Gasteiger partial charge in [0.15, 0.2) is 0 Å². The molecule has 0 amide bonds. The lowest BCUT2D eigenvalue weighted by molar-refractivity contribution is -0.137. The molecule has 0 heterocycles. The third-order valence-electron chi connectivity index (χ3n) is 3.51. The Balaban J connectivity index is 3.86. The Bertz CT molecular complexity index is 271. The lowest BCUT2D eigenvalue weighted by Gasteiger charge is -2.13. The molecule has 1 unspecified atom stereocenters. The van der Waals surface area contributed by atoms with E-state index in [1.807, 2.05) is 6.92 Å². The monoisotopic (exact) mass is 284 g/mol. The molecule has 3 nitrogen and oxygen atoms in total. The molecule has 0 spiro atoms. The van der Waals surface area contributed by atoms with Gasteiger partial charge in [0.25, 0.3) is 0 Å². The second kappa shape index (κ2) is 13.2. The molecule has 0 bridgehead atoms. The first-order chi connectivity index (χ1) is 9.65. The molecule has 0 aliphatic carbocycles. The minimum atomic E-state index is -0.500. The van der Waals surface area contributed by atoms with E-state index in [4.69, 9.17) is 4.74 Å². The molecule has 0 aromatic heterocycles. The van der Waals surface area contributed by atoms with Crippen LogP contribution in [0.15, 0.2) is 11.6 Å². The Morgan fingerprint density at radius 1 is 1.05 bits per heavy atom. The summed E-state index contributed by atoms with van der Waals surface area (Å²) in [5.74, 6) is -0.344. The SMILES string of the molecule is CCCCCCCCCC(O)/C(=C/C(=O)OCC)CC. The Hall–Kier alpha value is -0.830. The van der Waals surface area contributed by atoms with Gasteiger partial charge in [-0.2, -0.15) is 0 Å². The van der Waals surface area contributed by atoms with E-state index >= 15 is 0 Å². The average Bonchev–Trinajstić information content (AvgIpc) is 2.43. The molecule has 118 valence electrons. The number of hydrogen-bond donors (Lipinski definition) is 1. The summed E-state index contributed by atoms with van der Waals surface area (Å²) in [5.41, 5.74) is 0.787. The van der Waals surface area contributed by atoms with Crippen LogP contribution in [0.2, 0.25) is 0 Å². The van der Waals surface area contributed by atoms with Crippen molar-refractivity contribution in [3.63, 3.8) is 0 Å². The van der Waals surface area contributed by atoms with E-state index in [0.717, 1.165) is 24.8 Å². The summed E-state index contributed by atoms with van der Waals surface area (Å²) in [4.78, 5) is 11.4. The molecule has 20 heavy (non-hydrogen) atoms. The molecule has 0 fully saturated rings. The zero-order chi connectivity index (χ0) is 15.2. The summed E-state index contributed by atoms with van der Waals surface area (Å²) in [7, 11) is 0. The van der Waals surface area contributed by atoms with Gasteiger partial charge in [-0.3, -0.25) is 0 Å². The van der Waals surface area contributed by atoms with Crippen molar-refractivity contribution in [2.45, 2.75) is 84.7 Å². The van der Waals surface area contributed by atoms with Crippen molar-refractivity contribution in [1.82, 2.24) is 0 Å². The predicted octanol–water partition coefficient (Wildman–Crippen LogP) is 4.39. The highest BCUT2D eigenvalue weighted by molar-refractivity contribution is 5.82. The van der Waals surface area contributed by atoms with E-state index in [0.29, 0.717) is 13.0 Å². The number of aliphatic hydroxyl groups is 1. The zero-order valence-electron chi connectivity index (χ0n) is 13.5. The number of ether oxygens (including phenoxy) is 1.